The fourth-order valence-corrected chi connectivity index (χ4v) is 1.93. The van der Waals surface area contributed by atoms with Crippen molar-refractivity contribution >= 4 is 0 Å². The lowest BCUT2D eigenvalue weighted by molar-refractivity contribution is -0.143. The van der Waals surface area contributed by atoms with Gasteiger partial charge in [-0.25, -0.2) is 0 Å². The SMILES string of the molecule is C[C@H](NC1CC1)c1cc(C(F)(F)F)cc(C(F)(F)F)c1. The molecule has 1 aromatic carbocycles. The van der Waals surface area contributed by atoms with Crippen LogP contribution in [0.25, 0.3) is 0 Å². The number of alkyl halides is 6. The summed E-state index contributed by atoms with van der Waals surface area (Å²) in [6.45, 7) is 1.56. The third-order valence-electron chi connectivity index (χ3n) is 3.17. The summed E-state index contributed by atoms with van der Waals surface area (Å²) in [5, 5.41) is 2.99. The van der Waals surface area contributed by atoms with Gasteiger partial charge in [-0.2, -0.15) is 26.3 Å². The van der Waals surface area contributed by atoms with E-state index in [2.05, 4.69) is 5.32 Å². The molecule has 0 amide bonds. The normalized spacial score (nSPS) is 18.1. The van der Waals surface area contributed by atoms with Crippen LogP contribution in [0.2, 0.25) is 0 Å². The van der Waals surface area contributed by atoms with Gasteiger partial charge in [-0.05, 0) is 43.5 Å². The van der Waals surface area contributed by atoms with Crippen molar-refractivity contribution in [3.05, 3.63) is 34.9 Å². The lowest BCUT2D eigenvalue weighted by atomic mass is 10.0. The van der Waals surface area contributed by atoms with E-state index in [1.54, 1.807) is 6.92 Å². The Morgan fingerprint density at radius 1 is 0.950 bits per heavy atom. The largest absolute Gasteiger partial charge is 0.416 e. The second kappa shape index (κ2) is 4.95. The molecule has 2 rings (SSSR count). The third kappa shape index (κ3) is 3.65. The van der Waals surface area contributed by atoms with E-state index in [1.165, 1.54) is 0 Å². The van der Waals surface area contributed by atoms with E-state index in [0.29, 0.717) is 0 Å². The predicted octanol–water partition coefficient (Wildman–Crippen LogP) is 4.54. The molecule has 0 aliphatic heterocycles. The molecule has 0 unspecified atom stereocenters. The summed E-state index contributed by atoms with van der Waals surface area (Å²) in [6.07, 6.45) is -7.80. The average molecular weight is 297 g/mol. The van der Waals surface area contributed by atoms with Crippen LogP contribution in [-0.2, 0) is 12.4 Å². The molecule has 1 N–H and O–H groups in total. The number of hydrogen-bond acceptors (Lipinski definition) is 1. The molecule has 1 atom stereocenters. The van der Waals surface area contributed by atoms with Gasteiger partial charge in [0.1, 0.15) is 0 Å². The zero-order valence-electron chi connectivity index (χ0n) is 10.6. The molecule has 1 fully saturated rings. The van der Waals surface area contributed by atoms with Gasteiger partial charge in [-0.3, -0.25) is 0 Å². The van der Waals surface area contributed by atoms with Crippen LogP contribution in [0.15, 0.2) is 18.2 Å². The highest BCUT2D eigenvalue weighted by molar-refractivity contribution is 5.35. The van der Waals surface area contributed by atoms with Gasteiger partial charge >= 0.3 is 12.4 Å². The first-order chi connectivity index (χ1) is 9.07. The lowest BCUT2D eigenvalue weighted by Crippen LogP contribution is -2.22. The molecular formula is C13H13F6N. The maximum atomic E-state index is 12.7. The van der Waals surface area contributed by atoms with Crippen LogP contribution in [0.3, 0.4) is 0 Å². The number of rotatable bonds is 3. The highest BCUT2D eigenvalue weighted by atomic mass is 19.4. The molecule has 0 radical (unpaired) electrons. The summed E-state index contributed by atoms with van der Waals surface area (Å²) in [6, 6.07) is 1.33. The Labute approximate surface area is 112 Å². The van der Waals surface area contributed by atoms with Crippen molar-refractivity contribution in [2.24, 2.45) is 0 Å². The zero-order chi connectivity index (χ0) is 15.1. The van der Waals surface area contributed by atoms with Crippen molar-refractivity contribution in [3.63, 3.8) is 0 Å². The topological polar surface area (TPSA) is 12.0 Å². The van der Waals surface area contributed by atoms with Crippen molar-refractivity contribution in [2.75, 3.05) is 0 Å². The number of halogens is 6. The van der Waals surface area contributed by atoms with E-state index < -0.39 is 29.5 Å². The van der Waals surface area contributed by atoms with Crippen LogP contribution < -0.4 is 5.32 Å². The van der Waals surface area contributed by atoms with Crippen LogP contribution in [0.1, 0.15) is 42.5 Å². The molecule has 1 aromatic rings. The highest BCUT2D eigenvalue weighted by Crippen LogP contribution is 2.37. The molecule has 0 bridgehead atoms. The number of nitrogens with one attached hydrogen (secondary N) is 1. The van der Waals surface area contributed by atoms with Gasteiger partial charge in [0.05, 0.1) is 11.1 Å². The molecule has 1 aliphatic carbocycles. The second-order valence-electron chi connectivity index (χ2n) is 5.00. The first-order valence-electron chi connectivity index (χ1n) is 6.13. The van der Waals surface area contributed by atoms with Gasteiger partial charge in [0, 0.05) is 12.1 Å². The van der Waals surface area contributed by atoms with Crippen molar-refractivity contribution in [2.45, 2.75) is 44.2 Å². The predicted molar refractivity (Wildman–Crippen MR) is 61.0 cm³/mol. The number of hydrogen-bond donors (Lipinski definition) is 1. The van der Waals surface area contributed by atoms with E-state index in [1.807, 2.05) is 0 Å². The van der Waals surface area contributed by atoms with Crippen LogP contribution in [0, 0.1) is 0 Å². The van der Waals surface area contributed by atoms with E-state index in [9.17, 15) is 26.3 Å². The van der Waals surface area contributed by atoms with Gasteiger partial charge in [0.15, 0.2) is 0 Å². The van der Waals surface area contributed by atoms with Gasteiger partial charge < -0.3 is 5.32 Å². The quantitative estimate of drug-likeness (QED) is 0.808. The fourth-order valence-electron chi connectivity index (χ4n) is 1.93. The van der Waals surface area contributed by atoms with Crippen molar-refractivity contribution in [1.82, 2.24) is 5.32 Å². The molecule has 1 nitrogen and oxygen atoms in total. The fraction of sp³-hybridized carbons (Fsp3) is 0.538. The van der Waals surface area contributed by atoms with Gasteiger partial charge in [0.25, 0.3) is 0 Å². The molecule has 7 heteroatoms. The molecular weight excluding hydrogens is 284 g/mol. The Morgan fingerprint density at radius 3 is 1.75 bits per heavy atom. The minimum Gasteiger partial charge on any atom is -0.307 e. The monoisotopic (exact) mass is 297 g/mol. The van der Waals surface area contributed by atoms with Crippen molar-refractivity contribution in [1.29, 1.82) is 0 Å². The van der Waals surface area contributed by atoms with E-state index in [4.69, 9.17) is 0 Å². The molecule has 1 aliphatic rings. The minimum atomic E-state index is -4.80. The van der Waals surface area contributed by atoms with Crippen LogP contribution >= 0.6 is 0 Å². The van der Waals surface area contributed by atoms with Gasteiger partial charge in [-0.15, -0.1) is 0 Å². The highest BCUT2D eigenvalue weighted by Gasteiger charge is 2.37. The first-order valence-corrected chi connectivity index (χ1v) is 6.13. The van der Waals surface area contributed by atoms with E-state index >= 15 is 0 Å². The first kappa shape index (κ1) is 15.2. The van der Waals surface area contributed by atoms with Crippen LogP contribution in [-0.4, -0.2) is 6.04 Å². The molecule has 1 saturated carbocycles. The van der Waals surface area contributed by atoms with Crippen LogP contribution in [0.5, 0.6) is 0 Å². The Balaban J connectivity index is 2.39. The lowest BCUT2D eigenvalue weighted by Gasteiger charge is -2.18. The van der Waals surface area contributed by atoms with Crippen molar-refractivity contribution in [3.8, 4) is 0 Å². The summed E-state index contributed by atoms with van der Waals surface area (Å²) in [5.74, 6) is 0. The van der Waals surface area contributed by atoms with E-state index in [0.717, 1.165) is 25.0 Å². The summed E-state index contributed by atoms with van der Waals surface area (Å²) in [7, 11) is 0. The number of benzene rings is 1. The summed E-state index contributed by atoms with van der Waals surface area (Å²) >= 11 is 0. The van der Waals surface area contributed by atoms with E-state index in [-0.39, 0.29) is 17.7 Å². The maximum Gasteiger partial charge on any atom is 0.416 e. The maximum absolute atomic E-state index is 12.7. The average Bonchev–Trinajstić information content (AvgIpc) is 3.10. The smallest absolute Gasteiger partial charge is 0.307 e. The second-order valence-corrected chi connectivity index (χ2v) is 5.00. The van der Waals surface area contributed by atoms with Gasteiger partial charge in [-0.1, -0.05) is 0 Å². The Hall–Kier alpha value is -1.24. The molecule has 20 heavy (non-hydrogen) atoms. The van der Waals surface area contributed by atoms with Crippen molar-refractivity contribution < 1.29 is 26.3 Å². The molecule has 0 heterocycles. The summed E-state index contributed by atoms with van der Waals surface area (Å²) < 4.78 is 76.1. The summed E-state index contributed by atoms with van der Waals surface area (Å²) in [4.78, 5) is 0. The molecule has 0 saturated heterocycles. The summed E-state index contributed by atoms with van der Waals surface area (Å²) in [5.41, 5.74) is -2.54. The zero-order valence-corrected chi connectivity index (χ0v) is 10.6. The molecule has 0 spiro atoms. The molecule has 112 valence electrons. The van der Waals surface area contributed by atoms with Gasteiger partial charge in [0.2, 0.25) is 0 Å². The van der Waals surface area contributed by atoms with Crippen LogP contribution in [0.4, 0.5) is 26.3 Å². The minimum absolute atomic E-state index is 0.000880. The third-order valence-corrected chi connectivity index (χ3v) is 3.17. The standard InChI is InChI=1S/C13H13F6N/c1-7(20-11-2-3-11)8-4-9(12(14,15)16)6-10(5-8)13(17,18)19/h4-7,11,20H,2-3H2,1H3/t7-/m0/s1. The molecule has 0 aromatic heterocycles. The Morgan fingerprint density at radius 2 is 1.40 bits per heavy atom. The Kier molecular flexibility index (Phi) is 3.75. The Bertz CT molecular complexity index is 454.